The van der Waals surface area contributed by atoms with Gasteiger partial charge in [-0.05, 0) is 37.9 Å². The number of fused-ring (bicyclic) bond motifs is 1. The van der Waals surface area contributed by atoms with Crippen molar-refractivity contribution in [3.8, 4) is 11.4 Å². The van der Waals surface area contributed by atoms with Gasteiger partial charge in [0.05, 0.1) is 19.0 Å². The van der Waals surface area contributed by atoms with Crippen molar-refractivity contribution < 1.29 is 9.53 Å². The molecule has 0 radical (unpaired) electrons. The van der Waals surface area contributed by atoms with Gasteiger partial charge in [0.2, 0.25) is 0 Å². The number of ether oxygens (including phenoxy) is 1. The first-order chi connectivity index (χ1) is 12.3. The van der Waals surface area contributed by atoms with Gasteiger partial charge in [0, 0.05) is 18.6 Å². The minimum Gasteiger partial charge on any atom is -0.493 e. The van der Waals surface area contributed by atoms with E-state index in [1.54, 1.807) is 18.0 Å². The van der Waals surface area contributed by atoms with Gasteiger partial charge in [0.25, 0.3) is 5.91 Å². The summed E-state index contributed by atoms with van der Waals surface area (Å²) in [5.74, 6) is 0.351. The number of amides is 1. The fourth-order valence-electron chi connectivity index (χ4n) is 4.03. The zero-order valence-electron chi connectivity index (χ0n) is 14.5. The number of para-hydroxylation sites is 1. The summed E-state index contributed by atoms with van der Waals surface area (Å²) < 4.78 is 7.07. The van der Waals surface area contributed by atoms with Gasteiger partial charge in [-0.15, -0.1) is 0 Å². The smallest absolute Gasteiger partial charge is 0.275 e. The number of rotatable bonds is 4. The highest BCUT2D eigenvalue weighted by Gasteiger charge is 2.37. The molecule has 1 aromatic heterocycles. The first-order valence-electron chi connectivity index (χ1n) is 9.00. The summed E-state index contributed by atoms with van der Waals surface area (Å²) in [5.41, 5.74) is 1.25. The number of nitrogens with one attached hydrogen (secondary N) is 1. The Hall–Kier alpha value is -2.34. The topological polar surface area (TPSA) is 59.4 Å². The SMILES string of the molecule is COc1cn(-c2ccccc2)nc1C(=O)N[C@H]1CCN2CCCC[C@H]12. The summed E-state index contributed by atoms with van der Waals surface area (Å²) in [6.45, 7) is 2.23. The van der Waals surface area contributed by atoms with Gasteiger partial charge in [0.1, 0.15) is 0 Å². The molecule has 0 aliphatic carbocycles. The lowest BCUT2D eigenvalue weighted by atomic mass is 9.99. The van der Waals surface area contributed by atoms with Gasteiger partial charge in [-0.1, -0.05) is 24.6 Å². The Morgan fingerprint density at radius 1 is 1.20 bits per heavy atom. The first kappa shape index (κ1) is 16.1. The number of benzene rings is 1. The van der Waals surface area contributed by atoms with Gasteiger partial charge in [-0.25, -0.2) is 4.68 Å². The van der Waals surface area contributed by atoms with Crippen LogP contribution in [0.3, 0.4) is 0 Å². The Morgan fingerprint density at radius 3 is 2.84 bits per heavy atom. The summed E-state index contributed by atoms with van der Waals surface area (Å²) in [7, 11) is 1.57. The second kappa shape index (κ2) is 6.88. The van der Waals surface area contributed by atoms with E-state index < -0.39 is 0 Å². The van der Waals surface area contributed by atoms with Gasteiger partial charge in [-0.3, -0.25) is 9.69 Å². The van der Waals surface area contributed by atoms with Crippen molar-refractivity contribution in [3.05, 3.63) is 42.2 Å². The molecular weight excluding hydrogens is 316 g/mol. The molecule has 0 bridgehead atoms. The van der Waals surface area contributed by atoms with Crippen molar-refractivity contribution in [2.45, 2.75) is 37.8 Å². The molecule has 2 aliphatic rings. The molecule has 4 rings (SSSR count). The molecule has 0 unspecified atom stereocenters. The van der Waals surface area contributed by atoms with Gasteiger partial charge in [-0.2, -0.15) is 5.10 Å². The molecule has 132 valence electrons. The monoisotopic (exact) mass is 340 g/mol. The lowest BCUT2D eigenvalue weighted by molar-refractivity contribution is 0.0907. The number of nitrogens with zero attached hydrogens (tertiary/aromatic N) is 3. The zero-order valence-corrected chi connectivity index (χ0v) is 14.5. The first-order valence-corrected chi connectivity index (χ1v) is 9.00. The summed E-state index contributed by atoms with van der Waals surface area (Å²) in [4.78, 5) is 15.3. The van der Waals surface area contributed by atoms with E-state index in [2.05, 4.69) is 15.3 Å². The zero-order chi connectivity index (χ0) is 17.2. The third-order valence-electron chi connectivity index (χ3n) is 5.31. The third kappa shape index (κ3) is 3.14. The largest absolute Gasteiger partial charge is 0.493 e. The fourth-order valence-corrected chi connectivity index (χ4v) is 4.03. The highest BCUT2D eigenvalue weighted by molar-refractivity contribution is 5.95. The molecule has 2 aliphatic heterocycles. The number of piperidine rings is 1. The molecule has 1 aromatic carbocycles. The Bertz CT molecular complexity index is 743. The van der Waals surface area contributed by atoms with Crippen LogP contribution in [0.4, 0.5) is 0 Å². The quantitative estimate of drug-likeness (QED) is 0.927. The predicted octanol–water partition coefficient (Wildman–Crippen LogP) is 2.24. The van der Waals surface area contributed by atoms with E-state index in [1.165, 1.54) is 19.3 Å². The predicted molar refractivity (Wildman–Crippen MR) is 95.2 cm³/mol. The van der Waals surface area contributed by atoms with Crippen LogP contribution in [-0.4, -0.2) is 52.9 Å². The Morgan fingerprint density at radius 2 is 2.04 bits per heavy atom. The Kier molecular flexibility index (Phi) is 4.44. The number of hydrogen-bond donors (Lipinski definition) is 1. The molecule has 0 spiro atoms. The van der Waals surface area contributed by atoms with E-state index in [0.29, 0.717) is 17.5 Å². The second-order valence-electron chi connectivity index (χ2n) is 6.79. The van der Waals surface area contributed by atoms with E-state index in [4.69, 9.17) is 4.74 Å². The highest BCUT2D eigenvalue weighted by atomic mass is 16.5. The van der Waals surface area contributed by atoms with E-state index in [1.807, 2.05) is 30.3 Å². The fraction of sp³-hybridized carbons (Fsp3) is 0.474. The molecule has 2 fully saturated rings. The second-order valence-corrected chi connectivity index (χ2v) is 6.79. The number of carbonyl (C=O) groups is 1. The minimum atomic E-state index is -0.149. The molecule has 25 heavy (non-hydrogen) atoms. The van der Waals surface area contributed by atoms with Gasteiger partial charge < -0.3 is 10.1 Å². The average molecular weight is 340 g/mol. The molecule has 2 atom stereocenters. The van der Waals surface area contributed by atoms with E-state index in [9.17, 15) is 4.79 Å². The molecule has 2 aromatic rings. The maximum absolute atomic E-state index is 12.8. The number of hydrogen-bond acceptors (Lipinski definition) is 4. The summed E-state index contributed by atoms with van der Waals surface area (Å²) in [6.07, 6.45) is 6.45. The molecule has 1 N–H and O–H groups in total. The summed E-state index contributed by atoms with van der Waals surface area (Å²) >= 11 is 0. The van der Waals surface area contributed by atoms with E-state index in [0.717, 1.165) is 25.2 Å². The Labute approximate surface area is 147 Å². The number of aromatic nitrogens is 2. The van der Waals surface area contributed by atoms with Crippen molar-refractivity contribution in [1.29, 1.82) is 0 Å². The van der Waals surface area contributed by atoms with Crippen LogP contribution in [0.15, 0.2) is 36.5 Å². The molecule has 1 amide bonds. The van der Waals surface area contributed by atoms with Gasteiger partial charge in [0.15, 0.2) is 11.4 Å². The molecular formula is C19H24N4O2. The number of carbonyl (C=O) groups excluding carboxylic acids is 1. The highest BCUT2D eigenvalue weighted by Crippen LogP contribution is 2.28. The van der Waals surface area contributed by atoms with E-state index >= 15 is 0 Å². The molecule has 6 heteroatoms. The molecule has 2 saturated heterocycles. The average Bonchev–Trinajstić information content (AvgIpc) is 3.27. The third-order valence-corrected chi connectivity index (χ3v) is 5.31. The van der Waals surface area contributed by atoms with E-state index in [-0.39, 0.29) is 11.9 Å². The van der Waals surface area contributed by atoms with Crippen LogP contribution < -0.4 is 10.1 Å². The standard InChI is InChI=1S/C19H24N4O2/c1-25-17-13-23(14-7-3-2-4-8-14)21-18(17)19(24)20-15-10-12-22-11-6-5-9-16(15)22/h2-4,7-8,13,15-16H,5-6,9-12H2,1H3,(H,20,24)/t15-,16+/m0/s1. The molecule has 3 heterocycles. The van der Waals surface area contributed by atoms with Crippen LogP contribution in [0, 0.1) is 0 Å². The maximum atomic E-state index is 12.8. The summed E-state index contributed by atoms with van der Waals surface area (Å²) in [5, 5.41) is 7.66. The Balaban J connectivity index is 1.53. The molecule has 6 nitrogen and oxygen atoms in total. The van der Waals surface area contributed by atoms with Gasteiger partial charge >= 0.3 is 0 Å². The van der Waals surface area contributed by atoms with Crippen LogP contribution in [-0.2, 0) is 0 Å². The number of methoxy groups -OCH3 is 1. The van der Waals surface area contributed by atoms with Crippen LogP contribution in [0.1, 0.15) is 36.2 Å². The maximum Gasteiger partial charge on any atom is 0.275 e. The normalized spacial score (nSPS) is 23.2. The van der Waals surface area contributed by atoms with Crippen molar-refractivity contribution in [2.24, 2.45) is 0 Å². The van der Waals surface area contributed by atoms with Crippen molar-refractivity contribution in [2.75, 3.05) is 20.2 Å². The van der Waals surface area contributed by atoms with Crippen LogP contribution >= 0.6 is 0 Å². The van der Waals surface area contributed by atoms with Crippen LogP contribution in [0.25, 0.3) is 5.69 Å². The van der Waals surface area contributed by atoms with Crippen molar-refractivity contribution in [1.82, 2.24) is 20.0 Å². The minimum absolute atomic E-state index is 0.149. The van der Waals surface area contributed by atoms with Crippen molar-refractivity contribution in [3.63, 3.8) is 0 Å². The summed E-state index contributed by atoms with van der Waals surface area (Å²) in [6, 6.07) is 10.4. The van der Waals surface area contributed by atoms with Crippen LogP contribution in [0.5, 0.6) is 5.75 Å². The van der Waals surface area contributed by atoms with Crippen LogP contribution in [0.2, 0.25) is 0 Å². The lowest BCUT2D eigenvalue weighted by Gasteiger charge is -2.32. The molecule has 0 saturated carbocycles. The lowest BCUT2D eigenvalue weighted by Crippen LogP contribution is -2.46. The van der Waals surface area contributed by atoms with Crippen molar-refractivity contribution >= 4 is 5.91 Å².